The van der Waals surface area contributed by atoms with Crippen LogP contribution in [0.15, 0.2) is 33.6 Å². The van der Waals surface area contributed by atoms with Gasteiger partial charge in [-0.2, -0.15) is 4.31 Å². The van der Waals surface area contributed by atoms with Crippen molar-refractivity contribution in [2.75, 3.05) is 32.7 Å². The second-order valence-corrected chi connectivity index (χ2v) is 7.53. The highest BCUT2D eigenvalue weighted by Crippen LogP contribution is 2.20. The van der Waals surface area contributed by atoms with E-state index in [1.807, 2.05) is 6.92 Å². The summed E-state index contributed by atoms with van der Waals surface area (Å²) in [5, 5.41) is 2.72. The minimum atomic E-state index is -3.49. The molecule has 1 aliphatic heterocycles. The first-order valence-corrected chi connectivity index (χ1v) is 8.97. The maximum atomic E-state index is 12.5. The summed E-state index contributed by atoms with van der Waals surface area (Å²) in [7, 11) is -3.49. The molecule has 0 unspecified atom stereocenters. The molecule has 0 bridgehead atoms. The molecule has 1 saturated heterocycles. The summed E-state index contributed by atoms with van der Waals surface area (Å²) in [4.78, 5) is 13.6. The molecule has 6 nitrogen and oxygen atoms in total. The van der Waals surface area contributed by atoms with E-state index in [0.717, 1.165) is 4.47 Å². The molecule has 0 aliphatic carbocycles. The average Bonchev–Trinajstić information content (AvgIpc) is 2.48. The Hall–Kier alpha value is -1.12. The molecule has 1 fully saturated rings. The predicted molar refractivity (Wildman–Crippen MR) is 83.5 cm³/mol. The zero-order chi connectivity index (χ0) is 15.5. The number of halogens is 1. The van der Waals surface area contributed by atoms with Gasteiger partial charge in [0.25, 0.3) is 0 Å². The Morgan fingerprint density at radius 2 is 1.76 bits per heavy atom. The lowest BCUT2D eigenvalue weighted by molar-refractivity contribution is 0.173. The Balaban J connectivity index is 2.04. The van der Waals surface area contributed by atoms with Gasteiger partial charge >= 0.3 is 6.03 Å². The monoisotopic (exact) mass is 375 g/mol. The summed E-state index contributed by atoms with van der Waals surface area (Å²) in [6, 6.07) is 6.43. The van der Waals surface area contributed by atoms with E-state index in [0.29, 0.717) is 32.7 Å². The molecular weight excluding hydrogens is 358 g/mol. The molecule has 0 aromatic heterocycles. The Bertz CT molecular complexity index is 596. The average molecular weight is 376 g/mol. The Morgan fingerprint density at radius 1 is 1.19 bits per heavy atom. The third kappa shape index (κ3) is 3.75. The zero-order valence-corrected chi connectivity index (χ0v) is 14.2. The van der Waals surface area contributed by atoms with Gasteiger partial charge in [-0.3, -0.25) is 0 Å². The van der Waals surface area contributed by atoms with Gasteiger partial charge in [-0.1, -0.05) is 15.9 Å². The standard InChI is InChI=1S/C13H18BrN3O3S/c1-2-15-13(18)16-7-9-17(10-8-16)21(19,20)12-5-3-11(14)4-6-12/h3-6H,2,7-10H2,1H3,(H,15,18). The van der Waals surface area contributed by atoms with E-state index in [1.165, 1.54) is 4.31 Å². The number of carbonyl (C=O) groups excluding carboxylic acids is 1. The van der Waals surface area contributed by atoms with Crippen molar-refractivity contribution in [2.45, 2.75) is 11.8 Å². The molecule has 0 saturated carbocycles. The Labute approximate surface area is 133 Å². The van der Waals surface area contributed by atoms with Crippen LogP contribution < -0.4 is 5.32 Å². The number of hydrogen-bond donors (Lipinski definition) is 1. The van der Waals surface area contributed by atoms with Crippen LogP contribution >= 0.6 is 15.9 Å². The zero-order valence-electron chi connectivity index (χ0n) is 11.8. The van der Waals surface area contributed by atoms with Crippen LogP contribution in [0.1, 0.15) is 6.92 Å². The van der Waals surface area contributed by atoms with Gasteiger partial charge in [0.15, 0.2) is 0 Å². The first-order valence-electron chi connectivity index (χ1n) is 6.73. The van der Waals surface area contributed by atoms with E-state index >= 15 is 0 Å². The van der Waals surface area contributed by atoms with E-state index < -0.39 is 10.0 Å². The van der Waals surface area contributed by atoms with E-state index in [9.17, 15) is 13.2 Å². The number of piperazine rings is 1. The van der Waals surface area contributed by atoms with Gasteiger partial charge in [0.1, 0.15) is 0 Å². The second kappa shape index (κ2) is 6.76. The van der Waals surface area contributed by atoms with Crippen LogP contribution in [0.2, 0.25) is 0 Å². The molecule has 1 N–H and O–H groups in total. The van der Waals surface area contributed by atoms with Crippen molar-refractivity contribution in [1.82, 2.24) is 14.5 Å². The second-order valence-electron chi connectivity index (χ2n) is 4.68. The summed E-state index contributed by atoms with van der Waals surface area (Å²) in [6.45, 7) is 3.86. The normalized spacial score (nSPS) is 16.8. The number of rotatable bonds is 3. The molecule has 21 heavy (non-hydrogen) atoms. The van der Waals surface area contributed by atoms with Crippen molar-refractivity contribution in [2.24, 2.45) is 0 Å². The van der Waals surface area contributed by atoms with E-state index in [4.69, 9.17) is 0 Å². The van der Waals surface area contributed by atoms with Crippen molar-refractivity contribution in [3.05, 3.63) is 28.7 Å². The number of nitrogens with zero attached hydrogens (tertiary/aromatic N) is 2. The molecule has 2 rings (SSSR count). The summed E-state index contributed by atoms with van der Waals surface area (Å²) in [6.07, 6.45) is 0. The fourth-order valence-electron chi connectivity index (χ4n) is 2.15. The van der Waals surface area contributed by atoms with Crippen LogP contribution in [0.25, 0.3) is 0 Å². The largest absolute Gasteiger partial charge is 0.338 e. The van der Waals surface area contributed by atoms with Gasteiger partial charge < -0.3 is 10.2 Å². The number of benzene rings is 1. The van der Waals surface area contributed by atoms with Crippen molar-refractivity contribution in [3.63, 3.8) is 0 Å². The number of hydrogen-bond acceptors (Lipinski definition) is 3. The summed E-state index contributed by atoms with van der Waals surface area (Å²) >= 11 is 3.29. The third-order valence-electron chi connectivity index (χ3n) is 3.31. The minimum Gasteiger partial charge on any atom is -0.338 e. The van der Waals surface area contributed by atoms with Crippen LogP contribution in [0.4, 0.5) is 4.79 Å². The molecule has 2 amide bonds. The van der Waals surface area contributed by atoms with Gasteiger partial charge in [-0.25, -0.2) is 13.2 Å². The van der Waals surface area contributed by atoms with Gasteiger partial charge in [-0.05, 0) is 31.2 Å². The van der Waals surface area contributed by atoms with Gasteiger partial charge in [-0.15, -0.1) is 0 Å². The topological polar surface area (TPSA) is 69.7 Å². The minimum absolute atomic E-state index is 0.141. The van der Waals surface area contributed by atoms with Crippen molar-refractivity contribution < 1.29 is 13.2 Å². The van der Waals surface area contributed by atoms with Crippen LogP contribution in [-0.2, 0) is 10.0 Å². The number of carbonyl (C=O) groups is 1. The molecule has 1 aromatic carbocycles. The van der Waals surface area contributed by atoms with Crippen LogP contribution in [0.5, 0.6) is 0 Å². The molecule has 116 valence electrons. The van der Waals surface area contributed by atoms with E-state index in [1.54, 1.807) is 29.2 Å². The summed E-state index contributed by atoms with van der Waals surface area (Å²) < 4.78 is 27.2. The summed E-state index contributed by atoms with van der Waals surface area (Å²) in [5.41, 5.74) is 0. The molecule has 0 spiro atoms. The number of sulfonamides is 1. The van der Waals surface area contributed by atoms with Crippen LogP contribution in [-0.4, -0.2) is 56.4 Å². The predicted octanol–water partition coefficient (Wildman–Crippen LogP) is 1.48. The molecule has 0 atom stereocenters. The number of nitrogens with one attached hydrogen (secondary N) is 1. The van der Waals surface area contributed by atoms with Crippen molar-refractivity contribution in [1.29, 1.82) is 0 Å². The van der Waals surface area contributed by atoms with Crippen LogP contribution in [0.3, 0.4) is 0 Å². The Morgan fingerprint density at radius 3 is 2.29 bits per heavy atom. The fraction of sp³-hybridized carbons (Fsp3) is 0.462. The SMILES string of the molecule is CCNC(=O)N1CCN(S(=O)(=O)c2ccc(Br)cc2)CC1. The van der Waals surface area contributed by atoms with Crippen molar-refractivity contribution in [3.8, 4) is 0 Å². The van der Waals surface area contributed by atoms with E-state index in [2.05, 4.69) is 21.2 Å². The van der Waals surface area contributed by atoms with Crippen molar-refractivity contribution >= 4 is 32.0 Å². The lowest BCUT2D eigenvalue weighted by Gasteiger charge is -2.33. The smallest absolute Gasteiger partial charge is 0.317 e. The number of amides is 2. The molecule has 8 heteroatoms. The molecular formula is C13H18BrN3O3S. The van der Waals surface area contributed by atoms with Gasteiger partial charge in [0.2, 0.25) is 10.0 Å². The molecule has 1 aromatic rings. The first-order chi connectivity index (χ1) is 9.95. The molecule has 0 radical (unpaired) electrons. The van der Waals surface area contributed by atoms with Gasteiger partial charge in [0, 0.05) is 37.2 Å². The first kappa shape index (κ1) is 16.3. The maximum Gasteiger partial charge on any atom is 0.317 e. The van der Waals surface area contributed by atoms with Gasteiger partial charge in [0.05, 0.1) is 4.90 Å². The highest BCUT2D eigenvalue weighted by molar-refractivity contribution is 9.10. The van der Waals surface area contributed by atoms with Crippen LogP contribution in [0, 0.1) is 0 Å². The molecule has 1 heterocycles. The Kier molecular flexibility index (Phi) is 5.23. The maximum absolute atomic E-state index is 12.5. The highest BCUT2D eigenvalue weighted by Gasteiger charge is 2.29. The van der Waals surface area contributed by atoms with E-state index in [-0.39, 0.29) is 10.9 Å². The fourth-order valence-corrected chi connectivity index (χ4v) is 3.84. The lowest BCUT2D eigenvalue weighted by atomic mass is 10.4. The quantitative estimate of drug-likeness (QED) is 0.869. The third-order valence-corrected chi connectivity index (χ3v) is 5.75. The lowest BCUT2D eigenvalue weighted by Crippen LogP contribution is -2.53. The molecule has 1 aliphatic rings. The summed E-state index contributed by atoms with van der Waals surface area (Å²) in [5.74, 6) is 0. The number of urea groups is 1. The highest BCUT2D eigenvalue weighted by atomic mass is 79.9.